The van der Waals surface area contributed by atoms with Crippen LogP contribution in [0.3, 0.4) is 0 Å². The van der Waals surface area contributed by atoms with Crippen molar-refractivity contribution in [3.8, 4) is 0 Å². The van der Waals surface area contributed by atoms with E-state index in [1.807, 2.05) is 30.6 Å². The van der Waals surface area contributed by atoms with Crippen molar-refractivity contribution in [2.75, 3.05) is 32.0 Å². The third-order valence-corrected chi connectivity index (χ3v) is 9.15. The van der Waals surface area contributed by atoms with Crippen LogP contribution in [0.4, 0.5) is 5.82 Å². The number of pyridine rings is 1. The van der Waals surface area contributed by atoms with Gasteiger partial charge in [0.25, 0.3) is 0 Å². The number of para-hydroxylation sites is 1. The maximum absolute atomic E-state index is 12.9. The molecule has 3 heterocycles. The van der Waals surface area contributed by atoms with Crippen molar-refractivity contribution in [3.05, 3.63) is 60.9 Å². The largest absolute Gasteiger partial charge is 0.382 e. The highest BCUT2D eigenvalue weighted by Gasteiger charge is 2.29. The van der Waals surface area contributed by atoms with Gasteiger partial charge in [-0.25, -0.2) is 18.4 Å². The number of sulfonamides is 1. The minimum absolute atomic E-state index is 0.137. The smallest absolute Gasteiger partial charge is 0.243 e. The Morgan fingerprint density at radius 1 is 1.08 bits per heavy atom. The Morgan fingerprint density at radius 2 is 1.81 bits per heavy atom. The van der Waals surface area contributed by atoms with Gasteiger partial charge < -0.3 is 15.0 Å². The van der Waals surface area contributed by atoms with Gasteiger partial charge in [0.05, 0.1) is 34.9 Å². The number of aromatic nitrogens is 3. The first-order valence-electron chi connectivity index (χ1n) is 12.6. The van der Waals surface area contributed by atoms with Crippen LogP contribution in [0.5, 0.6) is 0 Å². The van der Waals surface area contributed by atoms with Crippen LogP contribution in [-0.2, 0) is 14.8 Å². The fraction of sp³-hybridized carbons (Fsp3) is 0.407. The summed E-state index contributed by atoms with van der Waals surface area (Å²) in [5, 5.41) is 1.04. The number of fused-ring (bicyclic) bond motifs is 3. The van der Waals surface area contributed by atoms with Crippen LogP contribution in [-0.4, -0.2) is 53.6 Å². The van der Waals surface area contributed by atoms with Gasteiger partial charge in [-0.1, -0.05) is 43.3 Å². The highest BCUT2D eigenvalue weighted by molar-refractivity contribution is 7.89. The summed E-state index contributed by atoms with van der Waals surface area (Å²) in [6, 6.07) is 16.8. The molecule has 9 heteroatoms. The molecule has 190 valence electrons. The summed E-state index contributed by atoms with van der Waals surface area (Å²) in [5.41, 5.74) is 8.78. The molecule has 0 saturated carbocycles. The van der Waals surface area contributed by atoms with Gasteiger partial charge in [-0.15, -0.1) is 0 Å². The van der Waals surface area contributed by atoms with Crippen LogP contribution in [0.25, 0.3) is 21.9 Å². The number of hydrogen-bond donors (Lipinski definition) is 1. The summed E-state index contributed by atoms with van der Waals surface area (Å²) < 4.78 is 35.6. The zero-order valence-electron chi connectivity index (χ0n) is 20.6. The molecule has 1 fully saturated rings. The molecular formula is C27H33N5O3S. The Balaban J connectivity index is 1.17. The summed E-state index contributed by atoms with van der Waals surface area (Å²) in [5.74, 6) is 0.912. The van der Waals surface area contributed by atoms with Gasteiger partial charge in [-0.2, -0.15) is 4.31 Å². The average molecular weight is 508 g/mol. The van der Waals surface area contributed by atoms with Gasteiger partial charge in [0.1, 0.15) is 5.52 Å². The number of anilines is 1. The first-order valence-corrected chi connectivity index (χ1v) is 14.1. The second-order valence-corrected chi connectivity index (χ2v) is 11.4. The van der Waals surface area contributed by atoms with Crippen LogP contribution in [0.15, 0.2) is 65.8 Å². The number of hydrogen-bond acceptors (Lipinski definition) is 6. The van der Waals surface area contributed by atoms with Crippen LogP contribution in [0.1, 0.15) is 38.6 Å². The number of nitrogens with zero attached hydrogens (tertiary/aromatic N) is 4. The molecule has 0 bridgehead atoms. The third kappa shape index (κ3) is 4.83. The van der Waals surface area contributed by atoms with Crippen molar-refractivity contribution in [3.63, 3.8) is 0 Å². The first-order chi connectivity index (χ1) is 17.5. The fourth-order valence-electron chi connectivity index (χ4n) is 5.09. The molecule has 4 aromatic rings. The molecule has 2 aromatic heterocycles. The lowest BCUT2D eigenvalue weighted by atomic mass is 9.95. The summed E-state index contributed by atoms with van der Waals surface area (Å²) in [7, 11) is -3.41. The molecule has 0 radical (unpaired) electrons. The Labute approximate surface area is 212 Å². The third-order valence-electron chi connectivity index (χ3n) is 7.24. The second kappa shape index (κ2) is 10.5. The van der Waals surface area contributed by atoms with E-state index in [4.69, 9.17) is 10.5 Å². The van der Waals surface area contributed by atoms with E-state index in [-0.39, 0.29) is 6.04 Å². The molecule has 1 aliphatic rings. The van der Waals surface area contributed by atoms with E-state index in [2.05, 4.69) is 27.5 Å². The molecule has 0 spiro atoms. The Morgan fingerprint density at radius 3 is 2.56 bits per heavy atom. The SMILES string of the molecule is CCC(COCCC1CCN(S(=O)(=O)c2ccccc2)CC1)n1cnc2c(N)nc3ccccc3c21. The van der Waals surface area contributed by atoms with Gasteiger partial charge >= 0.3 is 0 Å². The predicted octanol–water partition coefficient (Wildman–Crippen LogP) is 4.63. The molecule has 0 aliphatic carbocycles. The van der Waals surface area contributed by atoms with E-state index < -0.39 is 10.0 Å². The summed E-state index contributed by atoms with van der Waals surface area (Å²) in [6.07, 6.45) is 5.39. The van der Waals surface area contributed by atoms with E-state index in [0.717, 1.165) is 47.6 Å². The van der Waals surface area contributed by atoms with Crippen molar-refractivity contribution in [1.82, 2.24) is 18.8 Å². The number of rotatable bonds is 9. The van der Waals surface area contributed by atoms with Gasteiger partial charge in [-0.05, 0) is 49.8 Å². The Bertz CT molecular complexity index is 1430. The average Bonchev–Trinajstić information content (AvgIpc) is 3.36. The van der Waals surface area contributed by atoms with Crippen molar-refractivity contribution >= 4 is 37.8 Å². The van der Waals surface area contributed by atoms with Crippen LogP contribution >= 0.6 is 0 Å². The first kappa shape index (κ1) is 24.7. The van der Waals surface area contributed by atoms with E-state index in [9.17, 15) is 8.42 Å². The van der Waals surface area contributed by atoms with Crippen molar-refractivity contribution < 1.29 is 13.2 Å². The highest BCUT2D eigenvalue weighted by Crippen LogP contribution is 2.30. The number of ether oxygens (including phenoxy) is 1. The monoisotopic (exact) mass is 507 g/mol. The van der Waals surface area contributed by atoms with E-state index >= 15 is 0 Å². The van der Waals surface area contributed by atoms with Gasteiger partial charge in [0.15, 0.2) is 5.82 Å². The zero-order valence-corrected chi connectivity index (χ0v) is 21.4. The van der Waals surface area contributed by atoms with Crippen LogP contribution in [0.2, 0.25) is 0 Å². The molecule has 1 unspecified atom stereocenters. The van der Waals surface area contributed by atoms with Gasteiger partial charge in [0, 0.05) is 25.1 Å². The maximum Gasteiger partial charge on any atom is 0.243 e. The Kier molecular flexibility index (Phi) is 7.22. The summed E-state index contributed by atoms with van der Waals surface area (Å²) in [6.45, 7) is 4.50. The van der Waals surface area contributed by atoms with Crippen LogP contribution in [0, 0.1) is 5.92 Å². The highest BCUT2D eigenvalue weighted by atomic mass is 32.2. The van der Waals surface area contributed by atoms with Crippen LogP contribution < -0.4 is 5.73 Å². The normalized spacial score (nSPS) is 16.6. The minimum atomic E-state index is -3.41. The van der Waals surface area contributed by atoms with Gasteiger partial charge in [-0.3, -0.25) is 0 Å². The molecule has 1 atom stereocenters. The van der Waals surface area contributed by atoms with E-state index in [0.29, 0.717) is 42.9 Å². The predicted molar refractivity (Wildman–Crippen MR) is 142 cm³/mol. The molecule has 5 rings (SSSR count). The molecule has 1 aliphatic heterocycles. The van der Waals surface area contributed by atoms with Gasteiger partial charge in [0.2, 0.25) is 10.0 Å². The lowest BCUT2D eigenvalue weighted by Crippen LogP contribution is -2.38. The molecule has 36 heavy (non-hydrogen) atoms. The number of benzene rings is 2. The fourth-order valence-corrected chi connectivity index (χ4v) is 6.58. The number of nitrogen functional groups attached to an aromatic ring is 1. The summed E-state index contributed by atoms with van der Waals surface area (Å²) >= 11 is 0. The molecule has 0 amide bonds. The van der Waals surface area contributed by atoms with Crippen molar-refractivity contribution in [2.24, 2.45) is 5.92 Å². The molecule has 8 nitrogen and oxygen atoms in total. The molecular weight excluding hydrogens is 474 g/mol. The lowest BCUT2D eigenvalue weighted by molar-refractivity contribution is 0.0847. The van der Waals surface area contributed by atoms with Crippen molar-refractivity contribution in [2.45, 2.75) is 43.5 Å². The molecule has 2 N–H and O–H groups in total. The summed E-state index contributed by atoms with van der Waals surface area (Å²) in [4.78, 5) is 9.42. The minimum Gasteiger partial charge on any atom is -0.382 e. The molecule has 2 aromatic carbocycles. The van der Waals surface area contributed by atoms with E-state index in [1.165, 1.54) is 0 Å². The molecule has 1 saturated heterocycles. The topological polar surface area (TPSA) is 103 Å². The zero-order chi connectivity index (χ0) is 25.1. The standard InChI is InChI=1S/C27H33N5O3S/c1-2-21(32-19-29-25-26(32)23-10-6-7-11-24(23)30-27(25)28)18-35-17-14-20-12-15-31(16-13-20)36(33,34)22-8-4-3-5-9-22/h3-11,19-21H,2,12-18H2,1H3,(H2,28,30). The van der Waals surface area contributed by atoms with E-state index in [1.54, 1.807) is 28.6 Å². The lowest BCUT2D eigenvalue weighted by Gasteiger charge is -2.31. The van der Waals surface area contributed by atoms with Crippen molar-refractivity contribution in [1.29, 1.82) is 0 Å². The quantitative estimate of drug-likeness (QED) is 0.332. The number of imidazole rings is 1. The Hall–Kier alpha value is -3.01. The maximum atomic E-state index is 12.9. The number of piperidine rings is 1. The second-order valence-electron chi connectivity index (χ2n) is 9.45. The number of nitrogens with two attached hydrogens (primary N) is 1.